The summed E-state index contributed by atoms with van der Waals surface area (Å²) in [6.07, 6.45) is 5.42. The summed E-state index contributed by atoms with van der Waals surface area (Å²) in [6.45, 7) is 4.10. The predicted octanol–water partition coefficient (Wildman–Crippen LogP) is 1.82. The van der Waals surface area contributed by atoms with Gasteiger partial charge in [0, 0.05) is 13.2 Å². The zero-order chi connectivity index (χ0) is 10.3. The summed E-state index contributed by atoms with van der Waals surface area (Å²) < 4.78 is 11.4. The van der Waals surface area contributed by atoms with E-state index in [-0.39, 0.29) is 11.6 Å². The zero-order valence-electron chi connectivity index (χ0n) is 9.08. The highest BCUT2D eigenvalue weighted by molar-refractivity contribution is 5.29. The lowest BCUT2D eigenvalue weighted by molar-refractivity contribution is 0.0200. The van der Waals surface area contributed by atoms with Crippen molar-refractivity contribution in [3.63, 3.8) is 0 Å². The Morgan fingerprint density at radius 1 is 1.53 bits per heavy atom. The second-order valence-electron chi connectivity index (χ2n) is 4.66. The van der Waals surface area contributed by atoms with Crippen LogP contribution in [-0.2, 0) is 16.7 Å². The Kier molecular flexibility index (Phi) is 2.11. The Morgan fingerprint density at radius 2 is 2.47 bits per heavy atom. The molecule has 2 atom stereocenters. The van der Waals surface area contributed by atoms with Crippen LogP contribution in [0.5, 0.6) is 0 Å². The monoisotopic (exact) mass is 207 g/mol. The number of fused-ring (bicyclic) bond motifs is 1. The highest BCUT2D eigenvalue weighted by Crippen LogP contribution is 2.37. The molecule has 3 nitrogen and oxygen atoms in total. The van der Waals surface area contributed by atoms with Crippen molar-refractivity contribution >= 4 is 0 Å². The van der Waals surface area contributed by atoms with Crippen LogP contribution in [0.3, 0.4) is 0 Å². The van der Waals surface area contributed by atoms with E-state index in [0.29, 0.717) is 0 Å². The molecule has 2 aliphatic rings. The van der Waals surface area contributed by atoms with E-state index in [1.165, 1.54) is 5.56 Å². The number of nitrogens with one attached hydrogen (secondary N) is 1. The Hall–Kier alpha value is -0.800. The van der Waals surface area contributed by atoms with E-state index in [4.69, 9.17) is 9.15 Å². The average molecular weight is 207 g/mol. The predicted molar refractivity (Wildman–Crippen MR) is 56.7 cm³/mol. The van der Waals surface area contributed by atoms with Gasteiger partial charge in [-0.05, 0) is 37.8 Å². The number of hydrogen-bond acceptors (Lipinski definition) is 3. The summed E-state index contributed by atoms with van der Waals surface area (Å²) in [4.78, 5) is 0. The van der Waals surface area contributed by atoms with Crippen LogP contribution in [0.1, 0.15) is 31.1 Å². The fourth-order valence-corrected chi connectivity index (χ4v) is 2.82. The molecule has 3 heterocycles. The second-order valence-corrected chi connectivity index (χ2v) is 4.66. The molecule has 3 heteroatoms. The van der Waals surface area contributed by atoms with Gasteiger partial charge in [0.25, 0.3) is 0 Å². The van der Waals surface area contributed by atoms with Gasteiger partial charge in [0.2, 0.25) is 0 Å². The lowest BCUT2D eigenvalue weighted by atomic mass is 9.84. The van der Waals surface area contributed by atoms with E-state index in [1.54, 1.807) is 6.26 Å². The minimum atomic E-state index is -0.117. The van der Waals surface area contributed by atoms with Crippen molar-refractivity contribution in [1.82, 2.24) is 5.32 Å². The summed E-state index contributed by atoms with van der Waals surface area (Å²) in [5.74, 6) is 1.08. The highest BCUT2D eigenvalue weighted by Gasteiger charge is 2.43. The first-order valence-electron chi connectivity index (χ1n) is 5.74. The van der Waals surface area contributed by atoms with E-state index in [2.05, 4.69) is 18.3 Å². The number of ether oxygens (including phenoxy) is 1. The summed E-state index contributed by atoms with van der Waals surface area (Å²) in [5.41, 5.74) is 1.22. The van der Waals surface area contributed by atoms with Crippen LogP contribution in [0.15, 0.2) is 16.7 Å². The van der Waals surface area contributed by atoms with Gasteiger partial charge in [-0.3, -0.25) is 0 Å². The lowest BCUT2D eigenvalue weighted by Gasteiger charge is -2.37. The number of rotatable bonds is 1. The van der Waals surface area contributed by atoms with Gasteiger partial charge in [0.15, 0.2) is 0 Å². The average Bonchev–Trinajstić information content (AvgIpc) is 2.89. The van der Waals surface area contributed by atoms with Crippen LogP contribution >= 0.6 is 0 Å². The molecule has 0 aliphatic carbocycles. The molecule has 0 aromatic carbocycles. The standard InChI is InChI=1S/C12H17NO2/c1-12(10-3-2-7-14-10)11-9(4-6-13-12)5-8-15-11/h5,8,10,13H,2-4,6-7H2,1H3. The molecular weight excluding hydrogens is 190 g/mol. The quantitative estimate of drug-likeness (QED) is 0.762. The molecule has 2 unspecified atom stereocenters. The molecule has 15 heavy (non-hydrogen) atoms. The molecule has 1 saturated heterocycles. The van der Waals surface area contributed by atoms with Crippen LogP contribution in [-0.4, -0.2) is 19.3 Å². The van der Waals surface area contributed by atoms with Crippen molar-refractivity contribution in [2.75, 3.05) is 13.2 Å². The third-order valence-electron chi connectivity index (χ3n) is 3.68. The van der Waals surface area contributed by atoms with Crippen LogP contribution < -0.4 is 5.32 Å². The van der Waals surface area contributed by atoms with Crippen LogP contribution in [0.4, 0.5) is 0 Å². The highest BCUT2D eigenvalue weighted by atomic mass is 16.5. The first-order chi connectivity index (χ1) is 7.31. The fraction of sp³-hybridized carbons (Fsp3) is 0.667. The third kappa shape index (κ3) is 1.34. The second kappa shape index (κ2) is 3.35. The van der Waals surface area contributed by atoms with Gasteiger partial charge < -0.3 is 14.5 Å². The van der Waals surface area contributed by atoms with Gasteiger partial charge in [-0.25, -0.2) is 0 Å². The van der Waals surface area contributed by atoms with Gasteiger partial charge in [-0.2, -0.15) is 0 Å². The molecule has 0 saturated carbocycles. The maximum Gasteiger partial charge on any atom is 0.129 e. The smallest absolute Gasteiger partial charge is 0.129 e. The van der Waals surface area contributed by atoms with Gasteiger partial charge in [0.1, 0.15) is 11.3 Å². The lowest BCUT2D eigenvalue weighted by Crippen LogP contribution is -2.52. The van der Waals surface area contributed by atoms with E-state index < -0.39 is 0 Å². The Bertz CT molecular complexity index is 354. The van der Waals surface area contributed by atoms with Crippen LogP contribution in [0.25, 0.3) is 0 Å². The van der Waals surface area contributed by atoms with E-state index >= 15 is 0 Å². The largest absolute Gasteiger partial charge is 0.467 e. The number of hydrogen-bond donors (Lipinski definition) is 1. The molecular formula is C12H17NO2. The third-order valence-corrected chi connectivity index (χ3v) is 3.68. The SMILES string of the molecule is CC1(C2CCCO2)NCCc2ccoc21. The normalized spacial score (nSPS) is 35.4. The van der Waals surface area contributed by atoms with Crippen molar-refractivity contribution in [2.45, 2.75) is 37.8 Å². The van der Waals surface area contributed by atoms with Crippen molar-refractivity contribution in [2.24, 2.45) is 0 Å². The Morgan fingerprint density at radius 3 is 3.27 bits per heavy atom. The topological polar surface area (TPSA) is 34.4 Å². The zero-order valence-corrected chi connectivity index (χ0v) is 9.08. The molecule has 0 amide bonds. The van der Waals surface area contributed by atoms with E-state index in [9.17, 15) is 0 Å². The molecule has 82 valence electrons. The molecule has 0 bridgehead atoms. The molecule has 0 radical (unpaired) electrons. The number of furan rings is 1. The van der Waals surface area contributed by atoms with Crippen molar-refractivity contribution in [1.29, 1.82) is 0 Å². The first-order valence-corrected chi connectivity index (χ1v) is 5.74. The van der Waals surface area contributed by atoms with E-state index in [0.717, 1.165) is 38.2 Å². The maximum absolute atomic E-state index is 5.80. The molecule has 1 aromatic heterocycles. The molecule has 2 aliphatic heterocycles. The van der Waals surface area contributed by atoms with Crippen molar-refractivity contribution in [3.8, 4) is 0 Å². The summed E-state index contributed by atoms with van der Waals surface area (Å²) in [5, 5.41) is 3.56. The van der Waals surface area contributed by atoms with Gasteiger partial charge in [-0.1, -0.05) is 0 Å². The maximum atomic E-state index is 5.80. The molecule has 0 spiro atoms. The van der Waals surface area contributed by atoms with Crippen LogP contribution in [0, 0.1) is 0 Å². The molecule has 3 rings (SSSR count). The van der Waals surface area contributed by atoms with Gasteiger partial charge in [-0.15, -0.1) is 0 Å². The van der Waals surface area contributed by atoms with Crippen LogP contribution in [0.2, 0.25) is 0 Å². The Balaban J connectivity index is 1.99. The summed E-state index contributed by atoms with van der Waals surface area (Å²) in [7, 11) is 0. The molecule has 1 aromatic rings. The molecule has 1 N–H and O–H groups in total. The van der Waals surface area contributed by atoms with Gasteiger partial charge in [0.05, 0.1) is 12.4 Å². The minimum Gasteiger partial charge on any atom is -0.467 e. The van der Waals surface area contributed by atoms with Crippen molar-refractivity contribution in [3.05, 3.63) is 23.7 Å². The summed E-state index contributed by atoms with van der Waals surface area (Å²) in [6, 6.07) is 2.09. The Labute approximate surface area is 89.8 Å². The molecule has 1 fully saturated rings. The van der Waals surface area contributed by atoms with Gasteiger partial charge >= 0.3 is 0 Å². The summed E-state index contributed by atoms with van der Waals surface area (Å²) >= 11 is 0. The first kappa shape index (κ1) is 9.43. The van der Waals surface area contributed by atoms with E-state index in [1.807, 2.05) is 0 Å². The van der Waals surface area contributed by atoms with Crippen molar-refractivity contribution < 1.29 is 9.15 Å². The fourth-order valence-electron chi connectivity index (χ4n) is 2.82. The minimum absolute atomic E-state index is 0.117.